The Bertz CT molecular complexity index is 732. The van der Waals surface area contributed by atoms with E-state index in [1.807, 2.05) is 25.1 Å². The molecule has 0 heterocycles. The number of hydrogen-bond acceptors (Lipinski definition) is 3. The van der Waals surface area contributed by atoms with Crippen LogP contribution in [-0.2, 0) is 9.59 Å². The van der Waals surface area contributed by atoms with E-state index in [1.165, 1.54) is 7.11 Å². The van der Waals surface area contributed by atoms with Crippen LogP contribution >= 0.6 is 15.9 Å². The van der Waals surface area contributed by atoms with Crippen molar-refractivity contribution in [3.8, 4) is 5.75 Å². The highest BCUT2D eigenvalue weighted by atomic mass is 79.9. The van der Waals surface area contributed by atoms with Gasteiger partial charge in [0, 0.05) is 4.47 Å². The first-order valence-electron chi connectivity index (χ1n) is 6.98. The third-order valence-corrected chi connectivity index (χ3v) is 3.79. The molecule has 0 unspecified atom stereocenters. The highest BCUT2D eigenvalue weighted by molar-refractivity contribution is 9.10. The van der Waals surface area contributed by atoms with Crippen molar-refractivity contribution in [2.45, 2.75) is 13.3 Å². The van der Waals surface area contributed by atoms with Gasteiger partial charge < -0.3 is 15.4 Å². The minimum atomic E-state index is -0.404. The summed E-state index contributed by atoms with van der Waals surface area (Å²) in [6.45, 7) is 1.91. The lowest BCUT2D eigenvalue weighted by Gasteiger charge is -2.11. The number of methoxy groups -OCH3 is 1. The second kappa shape index (κ2) is 7.78. The standard InChI is InChI=1S/C17H17BrN2O3/c1-11-7-8-15(23-2)14(9-11)20-17(22)10-16(21)19-13-6-4-3-5-12(13)18/h3-9H,10H2,1-2H3,(H,19,21)(H,20,22). The van der Waals surface area contributed by atoms with E-state index in [0.29, 0.717) is 17.1 Å². The SMILES string of the molecule is COc1ccc(C)cc1NC(=O)CC(=O)Nc1ccccc1Br. The van der Waals surface area contributed by atoms with Crippen LogP contribution in [0.2, 0.25) is 0 Å². The van der Waals surface area contributed by atoms with E-state index in [2.05, 4.69) is 26.6 Å². The first-order valence-corrected chi connectivity index (χ1v) is 7.78. The highest BCUT2D eigenvalue weighted by Crippen LogP contribution is 2.25. The van der Waals surface area contributed by atoms with E-state index in [0.717, 1.165) is 10.0 Å². The van der Waals surface area contributed by atoms with Crippen molar-refractivity contribution < 1.29 is 14.3 Å². The first-order chi connectivity index (χ1) is 11.0. The molecule has 0 bridgehead atoms. The number of hydrogen-bond donors (Lipinski definition) is 2. The molecular formula is C17H17BrN2O3. The number of benzene rings is 2. The topological polar surface area (TPSA) is 67.4 Å². The van der Waals surface area contributed by atoms with Crippen molar-refractivity contribution in [1.29, 1.82) is 0 Å². The van der Waals surface area contributed by atoms with Gasteiger partial charge in [0.05, 0.1) is 18.5 Å². The largest absolute Gasteiger partial charge is 0.495 e. The maximum absolute atomic E-state index is 12.0. The quantitative estimate of drug-likeness (QED) is 0.781. The van der Waals surface area contributed by atoms with Crippen LogP contribution < -0.4 is 15.4 Å². The van der Waals surface area contributed by atoms with E-state index in [1.54, 1.807) is 24.3 Å². The summed E-state index contributed by atoms with van der Waals surface area (Å²) in [4.78, 5) is 24.0. The molecule has 0 aromatic heterocycles. The molecule has 5 nitrogen and oxygen atoms in total. The zero-order valence-corrected chi connectivity index (χ0v) is 14.4. The van der Waals surface area contributed by atoms with Gasteiger partial charge in [-0.3, -0.25) is 9.59 Å². The van der Waals surface area contributed by atoms with Crippen molar-refractivity contribution in [1.82, 2.24) is 0 Å². The van der Waals surface area contributed by atoms with Gasteiger partial charge in [0.2, 0.25) is 11.8 Å². The van der Waals surface area contributed by atoms with Crippen LogP contribution in [0, 0.1) is 6.92 Å². The zero-order chi connectivity index (χ0) is 16.8. The first kappa shape index (κ1) is 17.0. The van der Waals surface area contributed by atoms with Crippen molar-refractivity contribution in [3.05, 3.63) is 52.5 Å². The monoisotopic (exact) mass is 376 g/mol. The van der Waals surface area contributed by atoms with Crippen LogP contribution in [0.1, 0.15) is 12.0 Å². The van der Waals surface area contributed by atoms with Gasteiger partial charge in [0.15, 0.2) is 0 Å². The second-order valence-electron chi connectivity index (χ2n) is 4.96. The Morgan fingerprint density at radius 3 is 2.35 bits per heavy atom. The average molecular weight is 377 g/mol. The number of amides is 2. The average Bonchev–Trinajstić information content (AvgIpc) is 2.49. The molecule has 0 saturated heterocycles. The lowest BCUT2D eigenvalue weighted by molar-refractivity contribution is -0.123. The summed E-state index contributed by atoms with van der Waals surface area (Å²) in [7, 11) is 1.53. The van der Waals surface area contributed by atoms with Gasteiger partial charge in [0.1, 0.15) is 12.2 Å². The summed E-state index contributed by atoms with van der Waals surface area (Å²) >= 11 is 3.34. The van der Waals surface area contributed by atoms with Crippen molar-refractivity contribution >= 4 is 39.1 Å². The molecular weight excluding hydrogens is 360 g/mol. The van der Waals surface area contributed by atoms with E-state index in [-0.39, 0.29) is 12.3 Å². The van der Waals surface area contributed by atoms with Crippen molar-refractivity contribution in [3.63, 3.8) is 0 Å². The van der Waals surface area contributed by atoms with Gasteiger partial charge in [-0.1, -0.05) is 18.2 Å². The summed E-state index contributed by atoms with van der Waals surface area (Å²) in [5.41, 5.74) is 2.16. The number of rotatable bonds is 5. The molecule has 0 spiro atoms. The molecule has 2 rings (SSSR count). The summed E-state index contributed by atoms with van der Waals surface area (Å²) in [5, 5.41) is 5.39. The fourth-order valence-electron chi connectivity index (χ4n) is 2.02. The van der Waals surface area contributed by atoms with Gasteiger partial charge in [-0.25, -0.2) is 0 Å². The molecule has 2 N–H and O–H groups in total. The molecule has 0 saturated carbocycles. The lowest BCUT2D eigenvalue weighted by Crippen LogP contribution is -2.21. The fraction of sp³-hybridized carbons (Fsp3) is 0.176. The number of para-hydroxylation sites is 1. The molecule has 0 aliphatic carbocycles. The molecule has 2 aromatic carbocycles. The molecule has 6 heteroatoms. The number of aryl methyl sites for hydroxylation is 1. The summed E-state index contributed by atoms with van der Waals surface area (Å²) in [5.74, 6) is -0.241. The minimum Gasteiger partial charge on any atom is -0.495 e. The van der Waals surface area contributed by atoms with Gasteiger partial charge in [-0.2, -0.15) is 0 Å². The van der Waals surface area contributed by atoms with Gasteiger partial charge in [0.25, 0.3) is 0 Å². The Labute approximate surface area is 143 Å². The van der Waals surface area contributed by atoms with Gasteiger partial charge in [-0.05, 0) is 52.7 Å². The van der Waals surface area contributed by atoms with Crippen LogP contribution in [0.15, 0.2) is 46.9 Å². The zero-order valence-electron chi connectivity index (χ0n) is 12.9. The Hall–Kier alpha value is -2.34. The van der Waals surface area contributed by atoms with Crippen LogP contribution in [0.5, 0.6) is 5.75 Å². The molecule has 0 aliphatic rings. The molecule has 0 aliphatic heterocycles. The Balaban J connectivity index is 1.98. The third kappa shape index (κ3) is 4.82. The van der Waals surface area contributed by atoms with Crippen LogP contribution in [-0.4, -0.2) is 18.9 Å². The molecule has 0 radical (unpaired) electrons. The fourth-order valence-corrected chi connectivity index (χ4v) is 2.40. The second-order valence-corrected chi connectivity index (χ2v) is 5.81. The van der Waals surface area contributed by atoms with Crippen LogP contribution in [0.3, 0.4) is 0 Å². The van der Waals surface area contributed by atoms with Crippen LogP contribution in [0.25, 0.3) is 0 Å². The summed E-state index contributed by atoms with van der Waals surface area (Å²) in [6.07, 6.45) is -0.279. The molecule has 0 atom stereocenters. The van der Waals surface area contributed by atoms with Crippen LogP contribution in [0.4, 0.5) is 11.4 Å². The molecule has 0 fully saturated rings. The maximum Gasteiger partial charge on any atom is 0.233 e. The molecule has 2 aromatic rings. The van der Waals surface area contributed by atoms with Crippen molar-refractivity contribution in [2.24, 2.45) is 0 Å². The number of carbonyl (C=O) groups is 2. The third-order valence-electron chi connectivity index (χ3n) is 3.10. The van der Waals surface area contributed by atoms with Gasteiger partial charge in [-0.15, -0.1) is 0 Å². The maximum atomic E-state index is 12.0. The van der Waals surface area contributed by atoms with E-state index < -0.39 is 5.91 Å². The smallest absolute Gasteiger partial charge is 0.233 e. The number of halogens is 1. The van der Waals surface area contributed by atoms with E-state index in [4.69, 9.17) is 4.74 Å². The van der Waals surface area contributed by atoms with E-state index in [9.17, 15) is 9.59 Å². The Morgan fingerprint density at radius 1 is 1.04 bits per heavy atom. The number of ether oxygens (including phenoxy) is 1. The number of carbonyl (C=O) groups excluding carboxylic acids is 2. The number of nitrogens with one attached hydrogen (secondary N) is 2. The summed E-state index contributed by atoms with van der Waals surface area (Å²) < 4.78 is 5.95. The number of anilines is 2. The predicted octanol–water partition coefficient (Wildman–Crippen LogP) is 3.73. The van der Waals surface area contributed by atoms with Gasteiger partial charge >= 0.3 is 0 Å². The lowest BCUT2D eigenvalue weighted by atomic mass is 10.2. The normalized spacial score (nSPS) is 10.0. The Morgan fingerprint density at radius 2 is 1.70 bits per heavy atom. The van der Waals surface area contributed by atoms with E-state index >= 15 is 0 Å². The molecule has 23 heavy (non-hydrogen) atoms. The molecule has 120 valence electrons. The van der Waals surface area contributed by atoms with Crippen molar-refractivity contribution in [2.75, 3.05) is 17.7 Å². The molecule has 2 amide bonds. The highest BCUT2D eigenvalue weighted by Gasteiger charge is 2.13. The Kier molecular flexibility index (Phi) is 5.76. The minimum absolute atomic E-state index is 0.279. The predicted molar refractivity (Wildman–Crippen MR) is 93.7 cm³/mol. The summed E-state index contributed by atoms with van der Waals surface area (Å²) in [6, 6.07) is 12.7.